The molecule has 0 unspecified atom stereocenters. The lowest BCUT2D eigenvalue weighted by molar-refractivity contribution is -0.134. The zero-order valence-electron chi connectivity index (χ0n) is 12.6. The van der Waals surface area contributed by atoms with Crippen molar-refractivity contribution in [2.45, 2.75) is 25.3 Å². The maximum Gasteiger partial charge on any atom is 0.224 e. The van der Waals surface area contributed by atoms with Gasteiger partial charge in [0.25, 0.3) is 0 Å². The second-order valence-corrected chi connectivity index (χ2v) is 6.02. The summed E-state index contributed by atoms with van der Waals surface area (Å²) in [5.41, 5.74) is 1.24. The summed E-state index contributed by atoms with van der Waals surface area (Å²) >= 11 is 0. The number of piperazine rings is 1. The number of nitrogens with one attached hydrogen (secondary N) is 1. The molecule has 2 aliphatic rings. The quantitative estimate of drug-likeness (QED) is 0.914. The fraction of sp³-hybridized carbons (Fsp3) is 0.588. The van der Waals surface area contributed by atoms with Crippen LogP contribution in [0.5, 0.6) is 0 Å². The van der Waals surface area contributed by atoms with Gasteiger partial charge < -0.3 is 15.1 Å². The monoisotopic (exact) mass is 287 g/mol. The van der Waals surface area contributed by atoms with E-state index in [1.807, 2.05) is 6.07 Å². The lowest BCUT2D eigenvalue weighted by Gasteiger charge is -2.37. The van der Waals surface area contributed by atoms with Gasteiger partial charge in [0, 0.05) is 32.6 Å². The number of carbonyl (C=O) groups excluding carboxylic acids is 1. The smallest absolute Gasteiger partial charge is 0.224 e. The third kappa shape index (κ3) is 3.63. The van der Waals surface area contributed by atoms with Crippen LogP contribution >= 0.6 is 0 Å². The molecular formula is C17H25N3O. The van der Waals surface area contributed by atoms with Gasteiger partial charge >= 0.3 is 0 Å². The maximum absolute atomic E-state index is 12.6. The highest BCUT2D eigenvalue weighted by atomic mass is 16.2. The molecule has 114 valence electrons. The fourth-order valence-electron chi connectivity index (χ4n) is 3.38. The van der Waals surface area contributed by atoms with Crippen LogP contribution in [0.1, 0.15) is 30.9 Å². The van der Waals surface area contributed by atoms with Gasteiger partial charge in [-0.1, -0.05) is 30.3 Å². The van der Waals surface area contributed by atoms with E-state index in [0.29, 0.717) is 12.3 Å². The number of carbonyl (C=O) groups is 1. The number of amides is 1. The minimum atomic E-state index is 0.186. The van der Waals surface area contributed by atoms with E-state index < -0.39 is 0 Å². The molecule has 2 heterocycles. The van der Waals surface area contributed by atoms with Crippen molar-refractivity contribution in [1.29, 1.82) is 0 Å². The Balaban J connectivity index is 1.61. The Labute approximate surface area is 127 Å². The van der Waals surface area contributed by atoms with Gasteiger partial charge in [0.05, 0.1) is 6.04 Å². The van der Waals surface area contributed by atoms with E-state index in [1.165, 1.54) is 18.4 Å². The summed E-state index contributed by atoms with van der Waals surface area (Å²) in [5.74, 6) is 0.303. The highest BCUT2D eigenvalue weighted by molar-refractivity contribution is 5.77. The summed E-state index contributed by atoms with van der Waals surface area (Å²) in [7, 11) is 0. The molecule has 0 radical (unpaired) electrons. The first-order chi connectivity index (χ1) is 10.3. The number of benzene rings is 1. The fourth-order valence-corrected chi connectivity index (χ4v) is 3.38. The molecule has 4 heteroatoms. The molecule has 2 fully saturated rings. The molecule has 0 spiro atoms. The van der Waals surface area contributed by atoms with Gasteiger partial charge in [0.1, 0.15) is 0 Å². The molecule has 21 heavy (non-hydrogen) atoms. The van der Waals surface area contributed by atoms with Gasteiger partial charge in [0.15, 0.2) is 0 Å². The second kappa shape index (κ2) is 7.05. The second-order valence-electron chi connectivity index (χ2n) is 6.02. The highest BCUT2D eigenvalue weighted by Crippen LogP contribution is 2.23. The molecule has 1 N–H and O–H groups in total. The number of rotatable bonds is 4. The molecule has 0 aromatic heterocycles. The lowest BCUT2D eigenvalue weighted by Crippen LogP contribution is -2.49. The van der Waals surface area contributed by atoms with Crippen molar-refractivity contribution in [3.05, 3.63) is 35.9 Å². The first-order valence-corrected chi connectivity index (χ1v) is 8.12. The molecule has 1 aromatic rings. The van der Waals surface area contributed by atoms with Gasteiger partial charge in [-0.2, -0.15) is 0 Å². The van der Waals surface area contributed by atoms with Crippen LogP contribution in [0, 0.1) is 0 Å². The first kappa shape index (κ1) is 14.5. The molecule has 1 atom stereocenters. The van der Waals surface area contributed by atoms with E-state index in [0.717, 1.165) is 39.3 Å². The Bertz CT molecular complexity index is 456. The average molecular weight is 287 g/mol. The summed E-state index contributed by atoms with van der Waals surface area (Å²) in [6, 6.07) is 10.6. The molecule has 0 saturated carbocycles. The third-order valence-electron chi connectivity index (χ3n) is 4.59. The molecule has 1 amide bonds. The average Bonchev–Trinajstić information content (AvgIpc) is 3.07. The first-order valence-electron chi connectivity index (χ1n) is 8.12. The van der Waals surface area contributed by atoms with Crippen molar-refractivity contribution in [3.8, 4) is 0 Å². The molecule has 0 bridgehead atoms. The molecule has 2 aliphatic heterocycles. The van der Waals surface area contributed by atoms with Crippen LogP contribution < -0.4 is 5.32 Å². The van der Waals surface area contributed by atoms with Crippen LogP contribution in [-0.4, -0.2) is 55.0 Å². The summed E-state index contributed by atoms with van der Waals surface area (Å²) in [5, 5.41) is 3.41. The summed E-state index contributed by atoms with van der Waals surface area (Å²) in [6.45, 7) is 5.83. The molecule has 3 rings (SSSR count). The molecule has 0 aliphatic carbocycles. The zero-order chi connectivity index (χ0) is 14.5. The van der Waals surface area contributed by atoms with Gasteiger partial charge in [-0.05, 0) is 31.5 Å². The Morgan fingerprint density at radius 2 is 1.90 bits per heavy atom. The van der Waals surface area contributed by atoms with E-state index in [4.69, 9.17) is 0 Å². The number of hydrogen-bond acceptors (Lipinski definition) is 3. The van der Waals surface area contributed by atoms with E-state index >= 15 is 0 Å². The number of hydrogen-bond donors (Lipinski definition) is 1. The SMILES string of the molecule is O=C(CCN1CCCC1)N1CCNC[C@H]1c1ccccc1. The van der Waals surface area contributed by atoms with Crippen molar-refractivity contribution < 1.29 is 4.79 Å². The normalized spacial score (nSPS) is 23.4. The Hall–Kier alpha value is -1.39. The third-order valence-corrected chi connectivity index (χ3v) is 4.59. The van der Waals surface area contributed by atoms with Crippen molar-refractivity contribution in [1.82, 2.24) is 15.1 Å². The van der Waals surface area contributed by atoms with Crippen LogP contribution in [-0.2, 0) is 4.79 Å². The summed E-state index contributed by atoms with van der Waals surface area (Å²) < 4.78 is 0. The topological polar surface area (TPSA) is 35.6 Å². The van der Waals surface area contributed by atoms with E-state index in [-0.39, 0.29) is 6.04 Å². The van der Waals surface area contributed by atoms with Crippen LogP contribution in [0.25, 0.3) is 0 Å². The standard InChI is InChI=1S/C17H25N3O/c21-17(8-12-19-10-4-5-11-19)20-13-9-18-14-16(20)15-6-2-1-3-7-15/h1-3,6-7,16,18H,4-5,8-14H2/t16-/m0/s1. The Morgan fingerprint density at radius 1 is 1.14 bits per heavy atom. The predicted molar refractivity (Wildman–Crippen MR) is 84.1 cm³/mol. The van der Waals surface area contributed by atoms with Crippen molar-refractivity contribution in [3.63, 3.8) is 0 Å². The lowest BCUT2D eigenvalue weighted by atomic mass is 10.0. The van der Waals surface area contributed by atoms with Gasteiger partial charge in [-0.15, -0.1) is 0 Å². The van der Waals surface area contributed by atoms with Gasteiger partial charge in [-0.25, -0.2) is 0 Å². The summed E-state index contributed by atoms with van der Waals surface area (Å²) in [4.78, 5) is 17.1. The molecular weight excluding hydrogens is 262 g/mol. The summed E-state index contributed by atoms with van der Waals surface area (Å²) in [6.07, 6.45) is 3.23. The predicted octanol–water partition coefficient (Wildman–Crippen LogP) is 1.65. The van der Waals surface area contributed by atoms with Crippen LogP contribution in [0.3, 0.4) is 0 Å². The van der Waals surface area contributed by atoms with Crippen LogP contribution in [0.4, 0.5) is 0 Å². The van der Waals surface area contributed by atoms with E-state index in [2.05, 4.69) is 39.4 Å². The van der Waals surface area contributed by atoms with E-state index in [9.17, 15) is 4.79 Å². The Kier molecular flexibility index (Phi) is 4.88. The van der Waals surface area contributed by atoms with Crippen molar-refractivity contribution >= 4 is 5.91 Å². The number of nitrogens with zero attached hydrogens (tertiary/aromatic N) is 2. The molecule has 4 nitrogen and oxygen atoms in total. The molecule has 1 aromatic carbocycles. The highest BCUT2D eigenvalue weighted by Gasteiger charge is 2.27. The van der Waals surface area contributed by atoms with Crippen molar-refractivity contribution in [2.24, 2.45) is 0 Å². The maximum atomic E-state index is 12.6. The molecule has 2 saturated heterocycles. The largest absolute Gasteiger partial charge is 0.333 e. The Morgan fingerprint density at radius 3 is 2.67 bits per heavy atom. The minimum Gasteiger partial charge on any atom is -0.333 e. The van der Waals surface area contributed by atoms with Crippen LogP contribution in [0.2, 0.25) is 0 Å². The zero-order valence-corrected chi connectivity index (χ0v) is 12.6. The minimum absolute atomic E-state index is 0.186. The van der Waals surface area contributed by atoms with Crippen LogP contribution in [0.15, 0.2) is 30.3 Å². The van der Waals surface area contributed by atoms with Crippen molar-refractivity contribution in [2.75, 3.05) is 39.3 Å². The van der Waals surface area contributed by atoms with Gasteiger partial charge in [0.2, 0.25) is 5.91 Å². The van der Waals surface area contributed by atoms with E-state index in [1.54, 1.807) is 0 Å². The number of likely N-dealkylation sites (tertiary alicyclic amines) is 1. The van der Waals surface area contributed by atoms with Gasteiger partial charge in [-0.3, -0.25) is 4.79 Å².